The lowest BCUT2D eigenvalue weighted by molar-refractivity contribution is 0.0931. The summed E-state index contributed by atoms with van der Waals surface area (Å²) in [5.74, 6) is 0. The number of nitrogens with one attached hydrogen (secondary N) is 1. The first kappa shape index (κ1) is 11.3. The minimum Gasteiger partial charge on any atom is -0.450 e. The molecule has 0 bridgehead atoms. The summed E-state index contributed by atoms with van der Waals surface area (Å²) in [4.78, 5) is 13.4. The van der Waals surface area contributed by atoms with Gasteiger partial charge in [0.15, 0.2) is 0 Å². The van der Waals surface area contributed by atoms with Crippen LogP contribution in [-0.4, -0.2) is 43.3 Å². The van der Waals surface area contributed by atoms with Gasteiger partial charge in [-0.25, -0.2) is 4.79 Å². The third-order valence-corrected chi connectivity index (χ3v) is 2.44. The predicted molar refractivity (Wildman–Crippen MR) is 55.3 cm³/mol. The summed E-state index contributed by atoms with van der Waals surface area (Å²) in [6.45, 7) is 7.08. The van der Waals surface area contributed by atoms with E-state index in [1.54, 1.807) is 0 Å². The van der Waals surface area contributed by atoms with Crippen LogP contribution in [0.25, 0.3) is 0 Å². The van der Waals surface area contributed by atoms with Crippen molar-refractivity contribution in [2.24, 2.45) is 0 Å². The minimum absolute atomic E-state index is 0.164. The maximum absolute atomic E-state index is 11.6. The lowest BCUT2D eigenvalue weighted by atomic mass is 10.2. The maximum atomic E-state index is 11.6. The van der Waals surface area contributed by atoms with Crippen molar-refractivity contribution in [2.75, 3.05) is 26.2 Å². The largest absolute Gasteiger partial charge is 0.450 e. The highest BCUT2D eigenvalue weighted by molar-refractivity contribution is 5.68. The molecule has 14 heavy (non-hydrogen) atoms. The molecular formula is C10H20N2O2. The van der Waals surface area contributed by atoms with E-state index in [2.05, 4.69) is 12.2 Å². The fourth-order valence-corrected chi connectivity index (χ4v) is 1.78. The van der Waals surface area contributed by atoms with Crippen molar-refractivity contribution in [3.8, 4) is 0 Å². The van der Waals surface area contributed by atoms with Crippen molar-refractivity contribution in [1.82, 2.24) is 10.2 Å². The van der Waals surface area contributed by atoms with E-state index < -0.39 is 0 Å². The van der Waals surface area contributed by atoms with E-state index in [1.807, 2.05) is 11.8 Å². The number of carbonyl (C=O) groups is 1. The van der Waals surface area contributed by atoms with E-state index in [9.17, 15) is 4.79 Å². The molecular weight excluding hydrogens is 180 g/mol. The molecule has 1 atom stereocenters. The second-order valence-electron chi connectivity index (χ2n) is 3.54. The summed E-state index contributed by atoms with van der Waals surface area (Å²) in [7, 11) is 0. The zero-order valence-corrected chi connectivity index (χ0v) is 9.08. The van der Waals surface area contributed by atoms with Crippen molar-refractivity contribution < 1.29 is 9.53 Å². The Bertz CT molecular complexity index is 179. The van der Waals surface area contributed by atoms with Gasteiger partial charge in [0.05, 0.1) is 6.61 Å². The molecule has 1 unspecified atom stereocenters. The molecule has 1 N–H and O–H groups in total. The van der Waals surface area contributed by atoms with Crippen LogP contribution in [0.15, 0.2) is 0 Å². The summed E-state index contributed by atoms with van der Waals surface area (Å²) in [5.41, 5.74) is 0. The van der Waals surface area contributed by atoms with Crippen molar-refractivity contribution in [2.45, 2.75) is 32.7 Å². The Balaban J connectivity index is 2.48. The standard InChI is InChI=1S/C10H20N2O2/c1-3-7-12(10(13)14-4-2)9-5-6-11-8-9/h9,11H,3-8H2,1-2H3. The molecule has 4 nitrogen and oxygen atoms in total. The summed E-state index contributed by atoms with van der Waals surface area (Å²) in [5, 5.41) is 3.26. The van der Waals surface area contributed by atoms with Crippen LogP contribution in [-0.2, 0) is 4.74 Å². The van der Waals surface area contributed by atoms with Crippen LogP contribution in [0.3, 0.4) is 0 Å². The third-order valence-electron chi connectivity index (χ3n) is 2.44. The van der Waals surface area contributed by atoms with E-state index in [0.29, 0.717) is 12.6 Å². The number of amides is 1. The molecule has 0 radical (unpaired) electrons. The maximum Gasteiger partial charge on any atom is 0.410 e. The summed E-state index contributed by atoms with van der Waals surface area (Å²) >= 11 is 0. The first-order chi connectivity index (χ1) is 6.79. The fourth-order valence-electron chi connectivity index (χ4n) is 1.78. The second kappa shape index (κ2) is 5.86. The Morgan fingerprint density at radius 1 is 1.57 bits per heavy atom. The monoisotopic (exact) mass is 200 g/mol. The van der Waals surface area contributed by atoms with Crippen LogP contribution in [0, 0.1) is 0 Å². The first-order valence-electron chi connectivity index (χ1n) is 5.43. The smallest absolute Gasteiger partial charge is 0.410 e. The van der Waals surface area contributed by atoms with E-state index in [0.717, 1.165) is 32.5 Å². The molecule has 1 aliphatic rings. The van der Waals surface area contributed by atoms with Crippen LogP contribution in [0.2, 0.25) is 0 Å². The molecule has 0 aromatic heterocycles. The Morgan fingerprint density at radius 2 is 2.36 bits per heavy atom. The van der Waals surface area contributed by atoms with E-state index in [-0.39, 0.29) is 6.09 Å². The minimum atomic E-state index is -0.164. The Morgan fingerprint density at radius 3 is 2.86 bits per heavy atom. The molecule has 82 valence electrons. The number of ether oxygens (including phenoxy) is 1. The molecule has 1 heterocycles. The summed E-state index contributed by atoms with van der Waals surface area (Å²) < 4.78 is 5.03. The van der Waals surface area contributed by atoms with Crippen molar-refractivity contribution >= 4 is 6.09 Å². The van der Waals surface area contributed by atoms with E-state index >= 15 is 0 Å². The van der Waals surface area contributed by atoms with Gasteiger partial charge in [-0.15, -0.1) is 0 Å². The Kier molecular flexibility index (Phi) is 4.73. The molecule has 1 amide bonds. The summed E-state index contributed by atoms with van der Waals surface area (Å²) in [6.07, 6.45) is 1.86. The zero-order valence-electron chi connectivity index (χ0n) is 9.08. The summed E-state index contributed by atoms with van der Waals surface area (Å²) in [6, 6.07) is 0.328. The number of carbonyl (C=O) groups excluding carboxylic acids is 1. The first-order valence-corrected chi connectivity index (χ1v) is 5.43. The number of hydrogen-bond donors (Lipinski definition) is 1. The second-order valence-corrected chi connectivity index (χ2v) is 3.54. The fraction of sp³-hybridized carbons (Fsp3) is 0.900. The van der Waals surface area contributed by atoms with Gasteiger partial charge in [-0.1, -0.05) is 6.92 Å². The van der Waals surface area contributed by atoms with Crippen LogP contribution in [0.4, 0.5) is 4.79 Å². The normalized spacial score (nSPS) is 20.9. The van der Waals surface area contributed by atoms with Gasteiger partial charge in [0, 0.05) is 19.1 Å². The van der Waals surface area contributed by atoms with Crippen LogP contribution >= 0.6 is 0 Å². The number of nitrogens with zero attached hydrogens (tertiary/aromatic N) is 1. The molecule has 0 saturated carbocycles. The zero-order chi connectivity index (χ0) is 10.4. The number of rotatable bonds is 4. The highest BCUT2D eigenvalue weighted by Crippen LogP contribution is 2.10. The SMILES string of the molecule is CCCN(C(=O)OCC)C1CCNC1. The van der Waals surface area contributed by atoms with E-state index in [1.165, 1.54) is 0 Å². The van der Waals surface area contributed by atoms with Gasteiger partial charge in [0.25, 0.3) is 0 Å². The molecule has 4 heteroatoms. The van der Waals surface area contributed by atoms with E-state index in [4.69, 9.17) is 4.74 Å². The van der Waals surface area contributed by atoms with Crippen molar-refractivity contribution in [3.63, 3.8) is 0 Å². The molecule has 1 saturated heterocycles. The molecule has 1 rings (SSSR count). The van der Waals surface area contributed by atoms with Gasteiger partial charge in [0.2, 0.25) is 0 Å². The molecule has 1 fully saturated rings. The topological polar surface area (TPSA) is 41.6 Å². The van der Waals surface area contributed by atoms with Crippen LogP contribution < -0.4 is 5.32 Å². The average molecular weight is 200 g/mol. The average Bonchev–Trinajstić information content (AvgIpc) is 2.67. The lowest BCUT2D eigenvalue weighted by Gasteiger charge is -2.26. The van der Waals surface area contributed by atoms with Gasteiger partial charge >= 0.3 is 6.09 Å². The van der Waals surface area contributed by atoms with Gasteiger partial charge < -0.3 is 15.0 Å². The Labute approximate surface area is 85.6 Å². The molecule has 0 aromatic rings. The van der Waals surface area contributed by atoms with Gasteiger partial charge in [-0.05, 0) is 26.3 Å². The molecule has 1 aliphatic heterocycles. The Hall–Kier alpha value is -0.770. The molecule has 0 aliphatic carbocycles. The highest BCUT2D eigenvalue weighted by Gasteiger charge is 2.26. The highest BCUT2D eigenvalue weighted by atomic mass is 16.6. The molecule has 0 spiro atoms. The predicted octanol–water partition coefficient (Wildman–Crippen LogP) is 1.22. The van der Waals surface area contributed by atoms with Crippen molar-refractivity contribution in [1.29, 1.82) is 0 Å². The van der Waals surface area contributed by atoms with Gasteiger partial charge in [0.1, 0.15) is 0 Å². The third kappa shape index (κ3) is 2.87. The quantitative estimate of drug-likeness (QED) is 0.742. The van der Waals surface area contributed by atoms with Crippen molar-refractivity contribution in [3.05, 3.63) is 0 Å². The number of hydrogen-bond acceptors (Lipinski definition) is 3. The lowest BCUT2D eigenvalue weighted by Crippen LogP contribution is -2.42. The van der Waals surface area contributed by atoms with Gasteiger partial charge in [-0.2, -0.15) is 0 Å². The van der Waals surface area contributed by atoms with Gasteiger partial charge in [-0.3, -0.25) is 0 Å². The van der Waals surface area contributed by atoms with Crippen LogP contribution in [0.1, 0.15) is 26.7 Å². The molecule has 0 aromatic carbocycles. The van der Waals surface area contributed by atoms with Crippen LogP contribution in [0.5, 0.6) is 0 Å².